The highest BCUT2D eigenvalue weighted by molar-refractivity contribution is 7.99. The van der Waals surface area contributed by atoms with Crippen LogP contribution in [0.15, 0.2) is 36.0 Å². The summed E-state index contributed by atoms with van der Waals surface area (Å²) in [5.41, 5.74) is 8.02. The molecule has 1 aliphatic carbocycles. The number of hydrogen-bond acceptors (Lipinski definition) is 4. The first-order valence-electron chi connectivity index (χ1n) is 6.72. The lowest BCUT2D eigenvalue weighted by atomic mass is 10.2. The number of amides is 1. The second-order valence-electron chi connectivity index (χ2n) is 4.64. The van der Waals surface area contributed by atoms with E-state index < -0.39 is 0 Å². The molecule has 20 heavy (non-hydrogen) atoms. The van der Waals surface area contributed by atoms with Gasteiger partial charge in [-0.2, -0.15) is 0 Å². The van der Waals surface area contributed by atoms with Crippen LogP contribution in [-0.2, 0) is 10.5 Å². The quantitative estimate of drug-likeness (QED) is 0.759. The van der Waals surface area contributed by atoms with Crippen molar-refractivity contribution >= 4 is 17.7 Å². The second kappa shape index (κ2) is 7.85. The Labute approximate surface area is 123 Å². The first-order valence-corrected chi connectivity index (χ1v) is 7.88. The van der Waals surface area contributed by atoms with Crippen molar-refractivity contribution in [1.82, 2.24) is 10.9 Å². The number of methoxy groups -OCH3 is 1. The fourth-order valence-corrected chi connectivity index (χ4v) is 2.74. The zero-order valence-electron chi connectivity index (χ0n) is 11.6. The smallest absolute Gasteiger partial charge is 0.248 e. The fraction of sp³-hybridized carbons (Fsp3) is 0.400. The number of thioether (sulfide) groups is 1. The predicted molar refractivity (Wildman–Crippen MR) is 82.4 cm³/mol. The number of allylic oxidation sites excluding steroid dienone is 2. The highest BCUT2D eigenvalue weighted by atomic mass is 32.2. The lowest BCUT2D eigenvalue weighted by Crippen LogP contribution is -2.37. The minimum Gasteiger partial charge on any atom is -0.497 e. The molecule has 1 aromatic rings. The number of ether oxygens (including phenoxy) is 1. The first kappa shape index (κ1) is 14.8. The Kier molecular flexibility index (Phi) is 5.80. The van der Waals surface area contributed by atoms with Crippen molar-refractivity contribution in [2.24, 2.45) is 0 Å². The predicted octanol–water partition coefficient (Wildman–Crippen LogP) is 2.62. The van der Waals surface area contributed by atoms with E-state index in [1.165, 1.54) is 12.0 Å². The van der Waals surface area contributed by atoms with E-state index in [-0.39, 0.29) is 5.91 Å². The molecule has 0 atom stereocenters. The summed E-state index contributed by atoms with van der Waals surface area (Å²) in [5, 5.41) is 0. The second-order valence-corrected chi connectivity index (χ2v) is 5.62. The van der Waals surface area contributed by atoms with Crippen LogP contribution in [0, 0.1) is 0 Å². The van der Waals surface area contributed by atoms with Crippen molar-refractivity contribution in [3.05, 3.63) is 41.6 Å². The molecule has 0 saturated heterocycles. The Morgan fingerprint density at radius 1 is 1.35 bits per heavy atom. The number of benzene rings is 1. The summed E-state index contributed by atoms with van der Waals surface area (Å²) >= 11 is 1.60. The van der Waals surface area contributed by atoms with Crippen LogP contribution in [0.25, 0.3) is 0 Å². The molecule has 0 spiro atoms. The molecular formula is C15H20N2O2S. The summed E-state index contributed by atoms with van der Waals surface area (Å²) in [6.07, 6.45) is 5.43. The highest BCUT2D eigenvalue weighted by Crippen LogP contribution is 2.16. The van der Waals surface area contributed by atoms with Crippen LogP contribution < -0.4 is 15.6 Å². The lowest BCUT2D eigenvalue weighted by Gasteiger charge is -2.09. The van der Waals surface area contributed by atoms with E-state index in [0.717, 1.165) is 30.0 Å². The zero-order chi connectivity index (χ0) is 14.2. The van der Waals surface area contributed by atoms with Crippen LogP contribution in [0.3, 0.4) is 0 Å². The molecule has 5 heteroatoms. The van der Waals surface area contributed by atoms with Gasteiger partial charge < -0.3 is 10.2 Å². The molecule has 4 nitrogen and oxygen atoms in total. The van der Waals surface area contributed by atoms with E-state index in [4.69, 9.17) is 4.74 Å². The van der Waals surface area contributed by atoms with Crippen LogP contribution >= 0.6 is 11.8 Å². The van der Waals surface area contributed by atoms with Crippen molar-refractivity contribution in [1.29, 1.82) is 0 Å². The summed E-state index contributed by atoms with van der Waals surface area (Å²) in [6.45, 7) is 0. The van der Waals surface area contributed by atoms with Gasteiger partial charge in [-0.1, -0.05) is 18.2 Å². The van der Waals surface area contributed by atoms with Gasteiger partial charge in [-0.15, -0.1) is 11.8 Å². The van der Waals surface area contributed by atoms with Crippen LogP contribution in [0.5, 0.6) is 5.75 Å². The normalized spacial score (nSPS) is 13.8. The van der Waals surface area contributed by atoms with Gasteiger partial charge >= 0.3 is 0 Å². The average molecular weight is 292 g/mol. The summed E-state index contributed by atoms with van der Waals surface area (Å²) in [7, 11) is 1.65. The minimum atomic E-state index is 0.0105. The largest absolute Gasteiger partial charge is 0.497 e. The molecular weight excluding hydrogens is 272 g/mol. The van der Waals surface area contributed by atoms with Crippen molar-refractivity contribution in [3.8, 4) is 5.75 Å². The maximum absolute atomic E-state index is 11.6. The van der Waals surface area contributed by atoms with Gasteiger partial charge in [-0.3, -0.25) is 10.2 Å². The highest BCUT2D eigenvalue weighted by Gasteiger charge is 2.06. The monoisotopic (exact) mass is 292 g/mol. The number of carbonyl (C=O) groups is 1. The molecule has 108 valence electrons. The average Bonchev–Trinajstić information content (AvgIpc) is 2.99. The molecule has 2 N–H and O–H groups in total. The fourth-order valence-electron chi connectivity index (χ4n) is 1.95. The number of hydrogen-bond donors (Lipinski definition) is 2. The Morgan fingerprint density at radius 3 is 2.80 bits per heavy atom. The van der Waals surface area contributed by atoms with E-state index in [0.29, 0.717) is 5.75 Å². The summed E-state index contributed by atoms with van der Waals surface area (Å²) in [5.74, 6) is 2.13. The molecule has 0 aliphatic heterocycles. The standard InChI is InChI=1S/C15H20N2O2S/c1-19-14-8-6-12(7-9-14)10-20-11-15(18)17-16-13-4-2-3-5-13/h4,6-9,16H,2-3,5,10-11H2,1H3,(H,17,18). The Morgan fingerprint density at radius 2 is 2.15 bits per heavy atom. The zero-order valence-corrected chi connectivity index (χ0v) is 12.5. The lowest BCUT2D eigenvalue weighted by molar-refractivity contribution is -0.119. The number of carbonyl (C=O) groups excluding carboxylic acids is 1. The van der Waals surface area contributed by atoms with E-state index in [1.807, 2.05) is 24.3 Å². The van der Waals surface area contributed by atoms with Crippen LogP contribution in [0.2, 0.25) is 0 Å². The topological polar surface area (TPSA) is 50.4 Å². The van der Waals surface area contributed by atoms with Gasteiger partial charge in [0.25, 0.3) is 0 Å². The number of nitrogens with one attached hydrogen (secondary N) is 2. The minimum absolute atomic E-state index is 0.0105. The summed E-state index contributed by atoms with van der Waals surface area (Å²) in [4.78, 5) is 11.6. The Hall–Kier alpha value is -1.62. The SMILES string of the molecule is COc1ccc(CSCC(=O)NNC2=CCCC2)cc1. The van der Waals surface area contributed by atoms with E-state index in [1.54, 1.807) is 18.9 Å². The molecule has 0 fully saturated rings. The van der Waals surface area contributed by atoms with Gasteiger partial charge in [0.1, 0.15) is 5.75 Å². The van der Waals surface area contributed by atoms with Crippen molar-refractivity contribution in [2.45, 2.75) is 25.0 Å². The molecule has 0 aromatic heterocycles. The molecule has 1 aliphatic rings. The first-order chi connectivity index (χ1) is 9.78. The van der Waals surface area contributed by atoms with Gasteiger partial charge in [0.2, 0.25) is 5.91 Å². The van der Waals surface area contributed by atoms with E-state index >= 15 is 0 Å². The third-order valence-electron chi connectivity index (χ3n) is 3.06. The summed E-state index contributed by atoms with van der Waals surface area (Å²) in [6, 6.07) is 7.91. The van der Waals surface area contributed by atoms with Gasteiger partial charge in [0.15, 0.2) is 0 Å². The van der Waals surface area contributed by atoms with Gasteiger partial charge in [-0.05, 0) is 37.0 Å². The molecule has 0 unspecified atom stereocenters. The summed E-state index contributed by atoms with van der Waals surface area (Å²) < 4.78 is 5.11. The number of hydrazine groups is 1. The van der Waals surface area contributed by atoms with Gasteiger partial charge in [0.05, 0.1) is 12.9 Å². The molecule has 0 saturated carbocycles. The molecule has 0 radical (unpaired) electrons. The van der Waals surface area contributed by atoms with Crippen molar-refractivity contribution in [3.63, 3.8) is 0 Å². The van der Waals surface area contributed by atoms with Crippen LogP contribution in [0.1, 0.15) is 24.8 Å². The van der Waals surface area contributed by atoms with E-state index in [2.05, 4.69) is 16.9 Å². The molecule has 0 heterocycles. The Bertz CT molecular complexity index is 471. The van der Waals surface area contributed by atoms with Crippen molar-refractivity contribution in [2.75, 3.05) is 12.9 Å². The Balaban J connectivity index is 1.62. The van der Waals surface area contributed by atoms with Crippen molar-refractivity contribution < 1.29 is 9.53 Å². The van der Waals surface area contributed by atoms with Gasteiger partial charge in [0, 0.05) is 11.4 Å². The number of rotatable bonds is 7. The third-order valence-corrected chi connectivity index (χ3v) is 4.07. The molecule has 0 bridgehead atoms. The van der Waals surface area contributed by atoms with Crippen LogP contribution in [0.4, 0.5) is 0 Å². The van der Waals surface area contributed by atoms with Gasteiger partial charge in [-0.25, -0.2) is 0 Å². The van der Waals surface area contributed by atoms with E-state index in [9.17, 15) is 4.79 Å². The maximum atomic E-state index is 11.6. The molecule has 2 rings (SSSR count). The molecule has 1 amide bonds. The maximum Gasteiger partial charge on any atom is 0.248 e. The third kappa shape index (κ3) is 4.81. The molecule has 1 aromatic carbocycles. The van der Waals surface area contributed by atoms with Crippen LogP contribution in [-0.4, -0.2) is 18.8 Å².